The number of aromatic nitrogens is 2. The number of rotatable bonds is 5. The maximum Gasteiger partial charge on any atom is 0.236 e. The Morgan fingerprint density at radius 2 is 2.53 bits per heavy atom. The molecule has 0 aromatic carbocycles. The molecule has 0 aliphatic rings. The molecule has 84 valence electrons. The van der Waals surface area contributed by atoms with Crippen molar-refractivity contribution < 1.29 is 9.18 Å². The Labute approximate surface area is 87.3 Å². The van der Waals surface area contributed by atoms with Crippen LogP contribution < -0.4 is 11.1 Å². The summed E-state index contributed by atoms with van der Waals surface area (Å²) in [6.07, 6.45) is 3.49. The minimum absolute atomic E-state index is 0.350. The van der Waals surface area contributed by atoms with Crippen molar-refractivity contribution in [3.63, 3.8) is 0 Å². The minimum Gasteiger partial charge on any atom is -0.349 e. The number of amides is 1. The minimum atomic E-state index is -0.627. The van der Waals surface area contributed by atoms with Crippen LogP contribution in [0.3, 0.4) is 0 Å². The highest BCUT2D eigenvalue weighted by Crippen LogP contribution is 1.99. The second-order valence-corrected chi connectivity index (χ2v) is 3.43. The van der Waals surface area contributed by atoms with Crippen LogP contribution in [-0.4, -0.2) is 34.6 Å². The molecular formula is C9H15FN4O. The number of nitrogens with two attached hydrogens (primary N) is 1. The molecule has 2 atom stereocenters. The SMILES string of the molecule is CC(N)C(=O)NC(CF)Cc1cnc[nH]1. The van der Waals surface area contributed by atoms with E-state index in [1.165, 1.54) is 6.33 Å². The van der Waals surface area contributed by atoms with Gasteiger partial charge in [-0.3, -0.25) is 4.79 Å². The number of carbonyl (C=O) groups excluding carboxylic acids is 1. The quantitative estimate of drug-likeness (QED) is 0.632. The van der Waals surface area contributed by atoms with E-state index >= 15 is 0 Å². The first-order valence-corrected chi connectivity index (χ1v) is 4.72. The summed E-state index contributed by atoms with van der Waals surface area (Å²) in [6.45, 7) is 0.929. The Kier molecular flexibility index (Phi) is 4.23. The Bertz CT molecular complexity index is 299. The van der Waals surface area contributed by atoms with E-state index in [1.54, 1.807) is 13.1 Å². The Balaban J connectivity index is 2.46. The highest BCUT2D eigenvalue weighted by molar-refractivity contribution is 5.81. The van der Waals surface area contributed by atoms with E-state index in [0.29, 0.717) is 6.42 Å². The van der Waals surface area contributed by atoms with Crippen molar-refractivity contribution in [1.29, 1.82) is 0 Å². The second-order valence-electron chi connectivity index (χ2n) is 3.43. The van der Waals surface area contributed by atoms with Crippen LogP contribution in [0.4, 0.5) is 4.39 Å². The van der Waals surface area contributed by atoms with Gasteiger partial charge in [0.25, 0.3) is 0 Å². The zero-order chi connectivity index (χ0) is 11.3. The zero-order valence-corrected chi connectivity index (χ0v) is 8.53. The third-order valence-corrected chi connectivity index (χ3v) is 1.97. The fourth-order valence-corrected chi connectivity index (χ4v) is 1.14. The molecule has 1 aromatic heterocycles. The highest BCUT2D eigenvalue weighted by atomic mass is 19.1. The van der Waals surface area contributed by atoms with Crippen LogP contribution >= 0.6 is 0 Å². The summed E-state index contributed by atoms with van der Waals surface area (Å²) >= 11 is 0. The van der Waals surface area contributed by atoms with E-state index < -0.39 is 18.8 Å². The van der Waals surface area contributed by atoms with Gasteiger partial charge >= 0.3 is 0 Å². The molecular weight excluding hydrogens is 199 g/mol. The largest absolute Gasteiger partial charge is 0.349 e. The summed E-state index contributed by atoms with van der Waals surface area (Å²) in [6, 6.07) is -1.18. The molecule has 0 aliphatic heterocycles. The van der Waals surface area contributed by atoms with Crippen molar-refractivity contribution in [3.05, 3.63) is 18.2 Å². The maximum atomic E-state index is 12.6. The fourth-order valence-electron chi connectivity index (χ4n) is 1.14. The molecule has 15 heavy (non-hydrogen) atoms. The van der Waals surface area contributed by atoms with Crippen LogP contribution in [-0.2, 0) is 11.2 Å². The van der Waals surface area contributed by atoms with Crippen molar-refractivity contribution in [2.45, 2.75) is 25.4 Å². The first-order valence-electron chi connectivity index (χ1n) is 4.72. The number of imidazole rings is 1. The molecule has 4 N–H and O–H groups in total. The third kappa shape index (κ3) is 3.67. The molecule has 1 amide bonds. The number of H-pyrrole nitrogens is 1. The lowest BCUT2D eigenvalue weighted by Gasteiger charge is -2.15. The fraction of sp³-hybridized carbons (Fsp3) is 0.556. The van der Waals surface area contributed by atoms with Gasteiger partial charge in [0, 0.05) is 18.3 Å². The van der Waals surface area contributed by atoms with Crippen LogP contribution in [0.25, 0.3) is 0 Å². The van der Waals surface area contributed by atoms with E-state index in [0.717, 1.165) is 5.69 Å². The average molecular weight is 214 g/mol. The molecule has 1 rings (SSSR count). The van der Waals surface area contributed by atoms with Gasteiger partial charge in [0.15, 0.2) is 0 Å². The van der Waals surface area contributed by atoms with Crippen molar-refractivity contribution in [2.24, 2.45) is 5.73 Å². The van der Waals surface area contributed by atoms with Gasteiger partial charge in [0.2, 0.25) is 5.91 Å². The van der Waals surface area contributed by atoms with E-state index in [2.05, 4.69) is 15.3 Å². The topological polar surface area (TPSA) is 83.8 Å². The average Bonchev–Trinajstić information content (AvgIpc) is 2.69. The second kappa shape index (κ2) is 5.45. The van der Waals surface area contributed by atoms with E-state index in [9.17, 15) is 9.18 Å². The summed E-state index contributed by atoms with van der Waals surface area (Å²) in [7, 11) is 0. The normalized spacial score (nSPS) is 14.6. The first kappa shape index (κ1) is 11.6. The van der Waals surface area contributed by atoms with Crippen LogP contribution in [0.2, 0.25) is 0 Å². The van der Waals surface area contributed by atoms with Gasteiger partial charge in [-0.05, 0) is 6.92 Å². The molecule has 0 aliphatic carbocycles. The van der Waals surface area contributed by atoms with Gasteiger partial charge < -0.3 is 16.0 Å². The van der Waals surface area contributed by atoms with Crippen molar-refractivity contribution in [1.82, 2.24) is 15.3 Å². The smallest absolute Gasteiger partial charge is 0.236 e. The van der Waals surface area contributed by atoms with Crippen LogP contribution in [0, 0.1) is 0 Å². The molecule has 0 radical (unpaired) electrons. The molecule has 0 spiro atoms. The Morgan fingerprint density at radius 1 is 1.80 bits per heavy atom. The van der Waals surface area contributed by atoms with Gasteiger partial charge in [0.05, 0.1) is 18.4 Å². The molecule has 1 aromatic rings. The third-order valence-electron chi connectivity index (χ3n) is 1.97. The van der Waals surface area contributed by atoms with Gasteiger partial charge in [-0.2, -0.15) is 0 Å². The number of aromatic amines is 1. The van der Waals surface area contributed by atoms with E-state index in [-0.39, 0.29) is 5.91 Å². The maximum absolute atomic E-state index is 12.6. The predicted octanol–water partition coefficient (Wildman–Crippen LogP) is -0.246. The lowest BCUT2D eigenvalue weighted by Crippen LogP contribution is -2.45. The molecule has 5 nitrogen and oxygen atoms in total. The Morgan fingerprint density at radius 3 is 3.00 bits per heavy atom. The van der Waals surface area contributed by atoms with Gasteiger partial charge in [0.1, 0.15) is 6.67 Å². The molecule has 0 bridgehead atoms. The number of hydrogen-bond donors (Lipinski definition) is 3. The summed E-state index contributed by atoms with van der Waals surface area (Å²) in [4.78, 5) is 17.9. The highest BCUT2D eigenvalue weighted by Gasteiger charge is 2.15. The van der Waals surface area contributed by atoms with Crippen LogP contribution in [0.15, 0.2) is 12.5 Å². The van der Waals surface area contributed by atoms with Crippen LogP contribution in [0.5, 0.6) is 0 Å². The standard InChI is InChI=1S/C9H15FN4O/c1-6(11)9(15)14-7(3-10)2-8-4-12-5-13-8/h4-7H,2-3,11H2,1H3,(H,12,13)(H,14,15). The Hall–Kier alpha value is -1.43. The number of hydrogen-bond acceptors (Lipinski definition) is 3. The summed E-state index contributed by atoms with van der Waals surface area (Å²) < 4.78 is 12.6. The molecule has 0 saturated heterocycles. The summed E-state index contributed by atoms with van der Waals surface area (Å²) in [5, 5.41) is 2.52. The number of nitrogens with one attached hydrogen (secondary N) is 2. The summed E-state index contributed by atoms with van der Waals surface area (Å²) in [5.41, 5.74) is 6.14. The molecule has 0 fully saturated rings. The number of halogens is 1. The van der Waals surface area contributed by atoms with Crippen LogP contribution in [0.1, 0.15) is 12.6 Å². The lowest BCUT2D eigenvalue weighted by atomic mass is 10.1. The first-order chi connectivity index (χ1) is 7.13. The monoisotopic (exact) mass is 214 g/mol. The van der Waals surface area contributed by atoms with Crippen molar-refractivity contribution in [2.75, 3.05) is 6.67 Å². The van der Waals surface area contributed by atoms with Gasteiger partial charge in [-0.1, -0.05) is 0 Å². The van der Waals surface area contributed by atoms with Crippen molar-refractivity contribution >= 4 is 5.91 Å². The number of alkyl halides is 1. The van der Waals surface area contributed by atoms with Gasteiger partial charge in [-0.25, -0.2) is 9.37 Å². The number of nitrogens with zero attached hydrogens (tertiary/aromatic N) is 1. The lowest BCUT2D eigenvalue weighted by molar-refractivity contribution is -0.122. The van der Waals surface area contributed by atoms with Crippen molar-refractivity contribution in [3.8, 4) is 0 Å². The zero-order valence-electron chi connectivity index (χ0n) is 8.53. The predicted molar refractivity (Wildman–Crippen MR) is 53.8 cm³/mol. The number of carbonyl (C=O) groups is 1. The molecule has 1 heterocycles. The molecule has 2 unspecified atom stereocenters. The summed E-state index contributed by atoms with van der Waals surface area (Å²) in [5.74, 6) is -0.350. The molecule has 6 heteroatoms. The van der Waals surface area contributed by atoms with E-state index in [1.807, 2.05) is 0 Å². The molecule has 0 saturated carbocycles. The van der Waals surface area contributed by atoms with E-state index in [4.69, 9.17) is 5.73 Å². The van der Waals surface area contributed by atoms with Gasteiger partial charge in [-0.15, -0.1) is 0 Å².